The molecule has 0 aliphatic carbocycles. The van der Waals surface area contributed by atoms with E-state index in [2.05, 4.69) is 70.0 Å². The molecule has 2 aliphatic heterocycles. The first-order valence-corrected chi connectivity index (χ1v) is 14.3. The average molecular weight is 555 g/mol. The number of ether oxygens (including phenoxy) is 2. The second-order valence-electron chi connectivity index (χ2n) is 11.1. The van der Waals surface area contributed by atoms with Crippen LogP contribution in [0.15, 0.2) is 65.7 Å². The zero-order valence-electron chi connectivity index (χ0n) is 24.2. The van der Waals surface area contributed by atoms with Crippen molar-refractivity contribution in [1.29, 1.82) is 0 Å². The van der Waals surface area contributed by atoms with E-state index in [1.807, 2.05) is 29.8 Å². The Hall–Kier alpha value is -3.79. The van der Waals surface area contributed by atoms with Crippen molar-refractivity contribution in [2.45, 2.75) is 31.9 Å². The van der Waals surface area contributed by atoms with Crippen molar-refractivity contribution < 1.29 is 14.0 Å². The Morgan fingerprint density at radius 3 is 2.51 bits per heavy atom. The maximum absolute atomic E-state index is 5.93. The molecule has 0 N–H and O–H groups in total. The van der Waals surface area contributed by atoms with E-state index in [9.17, 15) is 0 Å². The molecule has 0 saturated carbocycles. The monoisotopic (exact) mass is 554 g/mol. The lowest BCUT2D eigenvalue weighted by atomic mass is 9.86. The predicted molar refractivity (Wildman–Crippen MR) is 158 cm³/mol. The van der Waals surface area contributed by atoms with Crippen molar-refractivity contribution in [3.8, 4) is 23.0 Å². The molecule has 2 saturated heterocycles. The van der Waals surface area contributed by atoms with Gasteiger partial charge in [0.2, 0.25) is 5.82 Å². The minimum atomic E-state index is -0.305. The summed E-state index contributed by atoms with van der Waals surface area (Å²) in [4.78, 5) is 9.39. The molecule has 0 bridgehead atoms. The number of benzene rings is 2. The second-order valence-corrected chi connectivity index (χ2v) is 11.1. The van der Waals surface area contributed by atoms with Crippen LogP contribution in [0.3, 0.4) is 0 Å². The Kier molecular flexibility index (Phi) is 7.75. The van der Waals surface area contributed by atoms with Gasteiger partial charge in [0.25, 0.3) is 5.89 Å². The molecular formula is C32H38N6O3. The summed E-state index contributed by atoms with van der Waals surface area (Å²) in [6, 6.07) is 18.8. The molecule has 214 valence electrons. The van der Waals surface area contributed by atoms with Crippen LogP contribution in [0.25, 0.3) is 28.7 Å². The third kappa shape index (κ3) is 5.70. The highest BCUT2D eigenvalue weighted by atomic mass is 16.5. The number of methoxy groups -OCH3 is 1. The third-order valence-electron chi connectivity index (χ3n) is 8.46. The Balaban J connectivity index is 1.15. The second kappa shape index (κ2) is 11.6. The van der Waals surface area contributed by atoms with E-state index in [1.165, 1.54) is 5.56 Å². The maximum Gasteiger partial charge on any atom is 0.278 e. The number of piperazine rings is 1. The van der Waals surface area contributed by atoms with Crippen molar-refractivity contribution in [1.82, 2.24) is 29.7 Å². The fourth-order valence-electron chi connectivity index (χ4n) is 5.74. The standard InChI is InChI=1S/C32H38N6O3/c1-23-20-29(34-38(23)22-25-6-5-7-27(21-25)24(2)37-16-14-36(3)15-17-37)31-33-30(35-41-31)26-8-10-28(11-9-26)32(39-4)12-18-40-19-13-32/h5-11,20-21H,2,12-19,22H2,1,3-4H3. The number of hydrogen-bond donors (Lipinski definition) is 0. The molecule has 0 atom stereocenters. The Labute approximate surface area is 241 Å². The van der Waals surface area contributed by atoms with Gasteiger partial charge in [0.05, 0.1) is 12.1 Å². The normalized spacial score (nSPS) is 17.6. The molecule has 0 amide bonds. The van der Waals surface area contributed by atoms with E-state index < -0.39 is 0 Å². The molecule has 6 rings (SSSR count). The molecule has 2 aromatic carbocycles. The fraction of sp³-hybridized carbons (Fsp3) is 0.406. The van der Waals surface area contributed by atoms with Gasteiger partial charge in [-0.3, -0.25) is 4.68 Å². The first kappa shape index (κ1) is 27.4. The highest BCUT2D eigenvalue weighted by Crippen LogP contribution is 2.36. The van der Waals surface area contributed by atoms with Crippen molar-refractivity contribution in [3.63, 3.8) is 0 Å². The maximum atomic E-state index is 5.93. The van der Waals surface area contributed by atoms with Gasteiger partial charge in [0.15, 0.2) is 5.69 Å². The van der Waals surface area contributed by atoms with E-state index in [-0.39, 0.29) is 5.60 Å². The molecule has 9 nitrogen and oxygen atoms in total. The minimum Gasteiger partial charge on any atom is -0.381 e. The van der Waals surface area contributed by atoms with Gasteiger partial charge >= 0.3 is 0 Å². The molecule has 2 fully saturated rings. The Morgan fingerprint density at radius 2 is 1.78 bits per heavy atom. The fourth-order valence-corrected chi connectivity index (χ4v) is 5.74. The van der Waals surface area contributed by atoms with Gasteiger partial charge in [-0.1, -0.05) is 54.2 Å². The van der Waals surface area contributed by atoms with Crippen molar-refractivity contribution >= 4 is 5.70 Å². The lowest BCUT2D eigenvalue weighted by Gasteiger charge is -2.36. The largest absolute Gasteiger partial charge is 0.381 e. The SMILES string of the molecule is C=C(c1cccc(Cn2nc(-c3nc(-c4ccc(C5(OC)CCOCC5)cc4)no3)cc2C)c1)N1CCN(C)CC1. The van der Waals surface area contributed by atoms with Crippen LogP contribution < -0.4 is 0 Å². The summed E-state index contributed by atoms with van der Waals surface area (Å²) < 4.78 is 19.1. The Morgan fingerprint density at radius 1 is 1.02 bits per heavy atom. The first-order chi connectivity index (χ1) is 19.9. The number of aryl methyl sites for hydroxylation is 1. The molecule has 2 aliphatic rings. The van der Waals surface area contributed by atoms with Crippen LogP contribution in [-0.2, 0) is 21.6 Å². The van der Waals surface area contributed by atoms with Gasteiger partial charge < -0.3 is 23.8 Å². The quantitative estimate of drug-likeness (QED) is 0.307. The summed E-state index contributed by atoms with van der Waals surface area (Å²) >= 11 is 0. The zero-order chi connectivity index (χ0) is 28.4. The smallest absolute Gasteiger partial charge is 0.278 e. The molecule has 4 aromatic rings. The number of hydrogen-bond acceptors (Lipinski definition) is 8. The molecule has 2 aromatic heterocycles. The summed E-state index contributed by atoms with van der Waals surface area (Å²) in [5.41, 5.74) is 6.80. The third-order valence-corrected chi connectivity index (χ3v) is 8.46. The van der Waals surface area contributed by atoms with E-state index in [0.717, 1.165) is 67.1 Å². The lowest BCUT2D eigenvalue weighted by molar-refractivity contribution is -0.0947. The zero-order valence-corrected chi connectivity index (χ0v) is 24.2. The summed E-state index contributed by atoms with van der Waals surface area (Å²) in [5, 5.41) is 9.05. The Bertz CT molecular complexity index is 1490. The van der Waals surface area contributed by atoms with Crippen LogP contribution in [0.4, 0.5) is 0 Å². The highest BCUT2D eigenvalue weighted by Gasteiger charge is 2.34. The number of aromatic nitrogens is 4. The van der Waals surface area contributed by atoms with Gasteiger partial charge in [0, 0.05) is 76.3 Å². The molecule has 4 heterocycles. The summed E-state index contributed by atoms with van der Waals surface area (Å²) in [5.74, 6) is 0.938. The molecular weight excluding hydrogens is 516 g/mol. The summed E-state index contributed by atoms with van der Waals surface area (Å²) in [7, 11) is 3.94. The number of nitrogens with zero attached hydrogens (tertiary/aromatic N) is 6. The van der Waals surface area contributed by atoms with Crippen LogP contribution in [0.5, 0.6) is 0 Å². The van der Waals surface area contributed by atoms with Gasteiger partial charge in [0.1, 0.15) is 0 Å². The van der Waals surface area contributed by atoms with Gasteiger partial charge in [-0.25, -0.2) is 0 Å². The summed E-state index contributed by atoms with van der Waals surface area (Å²) in [6.45, 7) is 12.6. The van der Waals surface area contributed by atoms with E-state index in [4.69, 9.17) is 19.1 Å². The van der Waals surface area contributed by atoms with Crippen molar-refractivity contribution in [2.75, 3.05) is 53.6 Å². The van der Waals surface area contributed by atoms with Gasteiger partial charge in [-0.05, 0) is 42.8 Å². The van der Waals surface area contributed by atoms with E-state index >= 15 is 0 Å². The van der Waals surface area contributed by atoms with Crippen LogP contribution in [0.1, 0.15) is 35.2 Å². The molecule has 9 heteroatoms. The predicted octanol–water partition coefficient (Wildman–Crippen LogP) is 4.83. The minimum absolute atomic E-state index is 0.305. The average Bonchev–Trinajstić information content (AvgIpc) is 3.65. The van der Waals surface area contributed by atoms with Crippen molar-refractivity contribution in [2.24, 2.45) is 0 Å². The van der Waals surface area contributed by atoms with Crippen LogP contribution >= 0.6 is 0 Å². The van der Waals surface area contributed by atoms with Crippen LogP contribution in [0.2, 0.25) is 0 Å². The van der Waals surface area contributed by atoms with Crippen LogP contribution in [-0.4, -0.2) is 83.3 Å². The van der Waals surface area contributed by atoms with Gasteiger partial charge in [-0.2, -0.15) is 10.1 Å². The molecule has 41 heavy (non-hydrogen) atoms. The number of likely N-dealkylation sites (N-methyl/N-ethyl adjacent to an activating group) is 1. The first-order valence-electron chi connectivity index (χ1n) is 14.3. The van der Waals surface area contributed by atoms with Gasteiger partial charge in [-0.15, -0.1) is 0 Å². The van der Waals surface area contributed by atoms with Crippen molar-refractivity contribution in [3.05, 3.63) is 83.6 Å². The molecule has 0 spiro atoms. The molecule has 0 unspecified atom stereocenters. The lowest BCUT2D eigenvalue weighted by Crippen LogP contribution is -2.43. The van der Waals surface area contributed by atoms with E-state index in [0.29, 0.717) is 37.2 Å². The van der Waals surface area contributed by atoms with Crippen LogP contribution in [0, 0.1) is 6.92 Å². The summed E-state index contributed by atoms with van der Waals surface area (Å²) in [6.07, 6.45) is 1.68. The number of rotatable bonds is 8. The highest BCUT2D eigenvalue weighted by molar-refractivity contribution is 5.63. The topological polar surface area (TPSA) is 81.7 Å². The van der Waals surface area contributed by atoms with E-state index in [1.54, 1.807) is 7.11 Å². The molecule has 0 radical (unpaired) electrons.